The maximum Gasteiger partial charge on any atom is 0.0994 e. The number of nitrogens with zero attached hydrogens (tertiary/aromatic N) is 5. The minimum atomic E-state index is 0.0435. The van der Waals surface area contributed by atoms with Gasteiger partial charge < -0.3 is 9.13 Å². The third-order valence-electron chi connectivity index (χ3n) is 10.3. The van der Waals surface area contributed by atoms with Crippen LogP contribution in [0.1, 0.15) is 47.8 Å². The number of rotatable bonds is 7. The molecule has 5 nitrogen and oxygen atoms in total. The topological polar surface area (TPSA) is 81.2 Å². The summed E-state index contributed by atoms with van der Waals surface area (Å²) in [6, 6.07) is 44.0. The highest BCUT2D eigenvalue weighted by Crippen LogP contribution is 2.36. The summed E-state index contributed by atoms with van der Waals surface area (Å²) >= 11 is 0. The van der Waals surface area contributed by atoms with Gasteiger partial charge in [-0.2, -0.15) is 15.8 Å². The van der Waals surface area contributed by atoms with Gasteiger partial charge in [0.05, 0.1) is 40.4 Å². The first-order valence-electron chi connectivity index (χ1n) is 17.6. The van der Waals surface area contributed by atoms with E-state index in [4.69, 9.17) is 0 Å². The van der Waals surface area contributed by atoms with Gasteiger partial charge in [-0.15, -0.1) is 0 Å². The van der Waals surface area contributed by atoms with Crippen LogP contribution in [0.25, 0.3) is 55.6 Å². The van der Waals surface area contributed by atoms with Crippen molar-refractivity contribution in [3.8, 4) is 35.0 Å². The van der Waals surface area contributed by atoms with E-state index < -0.39 is 0 Å². The normalized spacial score (nSPS) is 14.8. The van der Waals surface area contributed by atoms with Gasteiger partial charge in [-0.25, -0.2) is 0 Å². The highest BCUT2D eigenvalue weighted by atomic mass is 15.0. The van der Waals surface area contributed by atoms with Gasteiger partial charge in [-0.3, -0.25) is 0 Å². The van der Waals surface area contributed by atoms with Crippen LogP contribution >= 0.6 is 0 Å². The molecule has 248 valence electrons. The van der Waals surface area contributed by atoms with Crippen LogP contribution in [0.5, 0.6) is 0 Å². The fraction of sp³-hybridized carbons (Fsp3) is 0.128. The van der Waals surface area contributed by atoms with E-state index in [1.54, 1.807) is 0 Å². The molecule has 5 heteroatoms. The molecule has 0 saturated carbocycles. The third-order valence-corrected chi connectivity index (χ3v) is 10.3. The van der Waals surface area contributed by atoms with Crippen molar-refractivity contribution in [3.63, 3.8) is 0 Å². The Labute approximate surface area is 303 Å². The highest BCUT2D eigenvalue weighted by Gasteiger charge is 2.21. The molecule has 0 N–H and O–H groups in total. The minimum Gasteiger partial charge on any atom is -0.334 e. The van der Waals surface area contributed by atoms with Crippen molar-refractivity contribution in [2.75, 3.05) is 0 Å². The number of para-hydroxylation sites is 2. The molecule has 0 radical (unpaired) electrons. The summed E-state index contributed by atoms with van der Waals surface area (Å²) < 4.78 is 4.60. The van der Waals surface area contributed by atoms with E-state index in [-0.39, 0.29) is 6.04 Å². The van der Waals surface area contributed by atoms with Gasteiger partial charge in [0.25, 0.3) is 0 Å². The van der Waals surface area contributed by atoms with Crippen LogP contribution in [0.3, 0.4) is 0 Å². The van der Waals surface area contributed by atoms with E-state index in [2.05, 4.69) is 126 Å². The van der Waals surface area contributed by atoms with E-state index in [0.717, 1.165) is 50.6 Å². The van der Waals surface area contributed by atoms with E-state index in [9.17, 15) is 15.8 Å². The monoisotopic (exact) mass is 669 g/mol. The Balaban J connectivity index is 1.06. The summed E-state index contributed by atoms with van der Waals surface area (Å²) in [6.45, 7) is 4.42. The Hall–Kier alpha value is -6.87. The van der Waals surface area contributed by atoms with Crippen molar-refractivity contribution in [1.82, 2.24) is 9.13 Å². The summed E-state index contributed by atoms with van der Waals surface area (Å²) in [7, 11) is 0. The molecule has 0 aliphatic heterocycles. The lowest BCUT2D eigenvalue weighted by Gasteiger charge is -2.18. The van der Waals surface area contributed by atoms with Gasteiger partial charge in [-0.05, 0) is 115 Å². The number of allylic oxidation sites excluding steroid dienone is 5. The molecular formula is C47H35N5. The summed E-state index contributed by atoms with van der Waals surface area (Å²) in [6.07, 6.45) is 11.9. The number of nitriles is 3. The van der Waals surface area contributed by atoms with Crippen LogP contribution < -0.4 is 0 Å². The Morgan fingerprint density at radius 3 is 2.29 bits per heavy atom. The molecule has 0 spiro atoms. The van der Waals surface area contributed by atoms with Crippen molar-refractivity contribution in [3.05, 3.63) is 167 Å². The summed E-state index contributed by atoms with van der Waals surface area (Å²) in [5.74, 6) is 0.508. The summed E-state index contributed by atoms with van der Waals surface area (Å²) in [5, 5.41) is 33.0. The molecule has 0 saturated heterocycles. The molecule has 7 aromatic rings. The van der Waals surface area contributed by atoms with Crippen molar-refractivity contribution < 1.29 is 0 Å². The molecule has 0 bridgehead atoms. The zero-order chi connectivity index (χ0) is 35.8. The van der Waals surface area contributed by atoms with Crippen LogP contribution in [-0.4, -0.2) is 9.13 Å². The number of benzene rings is 5. The van der Waals surface area contributed by atoms with Gasteiger partial charge in [0.2, 0.25) is 0 Å². The average Bonchev–Trinajstić information content (AvgIpc) is 3.70. The lowest BCUT2D eigenvalue weighted by molar-refractivity contribution is 0.660. The van der Waals surface area contributed by atoms with Crippen LogP contribution in [-0.2, 0) is 12.8 Å². The molecule has 52 heavy (non-hydrogen) atoms. The molecule has 0 amide bonds. The Kier molecular flexibility index (Phi) is 8.36. The molecule has 2 heterocycles. The van der Waals surface area contributed by atoms with Gasteiger partial charge in [-0.1, -0.05) is 79.7 Å². The molecule has 8 rings (SSSR count). The van der Waals surface area contributed by atoms with Gasteiger partial charge in [0, 0.05) is 44.7 Å². The van der Waals surface area contributed by atoms with Gasteiger partial charge in [0.1, 0.15) is 0 Å². The number of hydrogen-bond donors (Lipinski definition) is 0. The smallest absolute Gasteiger partial charge is 0.0994 e. The Morgan fingerprint density at radius 1 is 0.788 bits per heavy atom. The number of fused-ring (bicyclic) bond motifs is 6. The summed E-state index contributed by atoms with van der Waals surface area (Å²) in [5.41, 5.74) is 11.7. The minimum absolute atomic E-state index is 0.0435. The quantitative estimate of drug-likeness (QED) is 0.125. The second-order valence-electron chi connectivity index (χ2n) is 13.6. The molecule has 5 aromatic carbocycles. The van der Waals surface area contributed by atoms with Crippen molar-refractivity contribution in [2.24, 2.45) is 5.92 Å². The molecule has 1 aliphatic carbocycles. The molecule has 1 aliphatic rings. The predicted octanol–water partition coefficient (Wildman–Crippen LogP) is 11.2. The fourth-order valence-corrected chi connectivity index (χ4v) is 7.71. The number of aromatic nitrogens is 2. The molecule has 2 unspecified atom stereocenters. The van der Waals surface area contributed by atoms with E-state index in [0.29, 0.717) is 29.0 Å². The zero-order valence-electron chi connectivity index (χ0n) is 29.1. The second-order valence-corrected chi connectivity index (χ2v) is 13.6. The standard InChI is InChI=1S/C47H35N5/c1-31-11-23-46-42(25-31)40-7-3-5-9-44(40)51(46)32(2)12-13-33(28-48)14-16-37-27-36(17-18-38(37)30-50)35-19-21-39(22-20-35)52-45-10-6-4-8-41(45)43-26-34(29-49)15-24-47(43)52/h3-15,17-24,26-27,31-32H,16,25H2,1-2H3/b13-12-,33-14+. The fourth-order valence-electron chi connectivity index (χ4n) is 7.71. The first-order chi connectivity index (χ1) is 25.5. The maximum atomic E-state index is 10.1. The Bertz CT molecular complexity index is 2750. The van der Waals surface area contributed by atoms with Crippen molar-refractivity contribution in [1.29, 1.82) is 15.8 Å². The van der Waals surface area contributed by atoms with Gasteiger partial charge in [0.15, 0.2) is 0 Å². The molecule has 0 fully saturated rings. The number of hydrogen-bond acceptors (Lipinski definition) is 3. The van der Waals surface area contributed by atoms with E-state index in [1.807, 2.05) is 54.6 Å². The Morgan fingerprint density at radius 2 is 1.52 bits per heavy atom. The van der Waals surface area contributed by atoms with Gasteiger partial charge >= 0.3 is 0 Å². The average molecular weight is 670 g/mol. The van der Waals surface area contributed by atoms with E-state index >= 15 is 0 Å². The summed E-state index contributed by atoms with van der Waals surface area (Å²) in [4.78, 5) is 0. The van der Waals surface area contributed by atoms with Crippen molar-refractivity contribution in [2.45, 2.75) is 32.7 Å². The largest absolute Gasteiger partial charge is 0.334 e. The third kappa shape index (κ3) is 5.68. The highest BCUT2D eigenvalue weighted by molar-refractivity contribution is 6.09. The van der Waals surface area contributed by atoms with Crippen molar-refractivity contribution >= 4 is 38.8 Å². The molecule has 2 aromatic heterocycles. The lowest BCUT2D eigenvalue weighted by Crippen LogP contribution is -2.08. The van der Waals surface area contributed by atoms with Crippen LogP contribution in [0.4, 0.5) is 0 Å². The first-order valence-corrected chi connectivity index (χ1v) is 17.6. The van der Waals surface area contributed by atoms with Crippen LogP contribution in [0.15, 0.2) is 139 Å². The predicted molar refractivity (Wildman–Crippen MR) is 211 cm³/mol. The van der Waals surface area contributed by atoms with Crippen LogP contribution in [0, 0.1) is 39.9 Å². The SMILES string of the molecule is CC1C=Cc2c(c3ccccc3n2C(C)/C=C\C(C#N)=C/Cc2cc(-c3ccc(-n4c5ccccc5c5cc(C#N)ccc54)cc3)ccc2C#N)C1. The van der Waals surface area contributed by atoms with E-state index in [1.165, 1.54) is 22.2 Å². The maximum absolute atomic E-state index is 10.1. The molecule has 2 atom stereocenters. The first kappa shape index (κ1) is 32.3. The molecular weight excluding hydrogens is 635 g/mol. The zero-order valence-corrected chi connectivity index (χ0v) is 29.1. The van der Waals surface area contributed by atoms with Crippen LogP contribution in [0.2, 0.25) is 0 Å². The lowest BCUT2D eigenvalue weighted by atomic mass is 9.93. The second kappa shape index (κ2) is 13.4.